The number of aromatic nitrogens is 1. The van der Waals surface area contributed by atoms with Gasteiger partial charge in [-0.15, -0.1) is 0 Å². The number of nitrogens with one attached hydrogen (secondary N) is 1. The summed E-state index contributed by atoms with van der Waals surface area (Å²) in [6, 6.07) is 8.82. The molecule has 0 unspecified atom stereocenters. The fraction of sp³-hybridized carbons (Fsp3) is 0.0833. The van der Waals surface area contributed by atoms with E-state index in [9.17, 15) is 9.59 Å². The molecule has 0 spiro atoms. The van der Waals surface area contributed by atoms with Crippen molar-refractivity contribution < 1.29 is 9.59 Å². The maximum absolute atomic E-state index is 10.9. The molecule has 0 fully saturated rings. The Morgan fingerprint density at radius 2 is 2.06 bits per heavy atom. The molecule has 1 amide bonds. The summed E-state index contributed by atoms with van der Waals surface area (Å²) in [7, 11) is 0. The maximum atomic E-state index is 10.9. The molecule has 0 bridgehead atoms. The first-order chi connectivity index (χ1) is 7.69. The van der Waals surface area contributed by atoms with Crippen LogP contribution >= 0.6 is 0 Å². The van der Waals surface area contributed by atoms with E-state index in [0.29, 0.717) is 16.9 Å². The van der Waals surface area contributed by atoms with Gasteiger partial charge in [0.25, 0.3) is 0 Å². The van der Waals surface area contributed by atoms with Crippen LogP contribution in [0.25, 0.3) is 10.9 Å². The molecule has 1 N–H and O–H groups in total. The van der Waals surface area contributed by atoms with E-state index in [2.05, 4.69) is 10.3 Å². The highest BCUT2D eigenvalue weighted by Gasteiger charge is 2.00. The van der Waals surface area contributed by atoms with Gasteiger partial charge in [-0.05, 0) is 18.2 Å². The molecular formula is C12H10N2O2. The summed E-state index contributed by atoms with van der Waals surface area (Å²) in [5.74, 6) is 0.321. The largest absolute Gasteiger partial charge is 0.311 e. The van der Waals surface area contributed by atoms with Crippen molar-refractivity contribution in [3.05, 3.63) is 35.9 Å². The Morgan fingerprint density at radius 3 is 2.75 bits per heavy atom. The van der Waals surface area contributed by atoms with Crippen LogP contribution in [0.5, 0.6) is 0 Å². The Hall–Kier alpha value is -2.23. The van der Waals surface area contributed by atoms with E-state index >= 15 is 0 Å². The number of carbonyl (C=O) groups excluding carboxylic acids is 2. The van der Waals surface area contributed by atoms with Crippen molar-refractivity contribution in [2.45, 2.75) is 6.92 Å². The minimum absolute atomic E-state index is 0.168. The van der Waals surface area contributed by atoms with Crippen LogP contribution in [-0.4, -0.2) is 17.2 Å². The van der Waals surface area contributed by atoms with Crippen LogP contribution in [0, 0.1) is 0 Å². The monoisotopic (exact) mass is 214 g/mol. The lowest BCUT2D eigenvalue weighted by Crippen LogP contribution is -2.07. The van der Waals surface area contributed by atoms with Gasteiger partial charge in [0.1, 0.15) is 12.1 Å². The Bertz CT molecular complexity index is 564. The smallest absolute Gasteiger partial charge is 0.222 e. The summed E-state index contributed by atoms with van der Waals surface area (Å²) < 4.78 is 0. The lowest BCUT2D eigenvalue weighted by Gasteiger charge is -2.03. The van der Waals surface area contributed by atoms with Crippen molar-refractivity contribution in [3.63, 3.8) is 0 Å². The highest BCUT2D eigenvalue weighted by Crippen LogP contribution is 2.16. The topological polar surface area (TPSA) is 59.1 Å². The van der Waals surface area contributed by atoms with Crippen LogP contribution in [0.15, 0.2) is 30.3 Å². The van der Waals surface area contributed by atoms with Crippen molar-refractivity contribution in [3.8, 4) is 0 Å². The zero-order valence-electron chi connectivity index (χ0n) is 8.73. The van der Waals surface area contributed by atoms with Gasteiger partial charge in [0.15, 0.2) is 0 Å². The van der Waals surface area contributed by atoms with Gasteiger partial charge in [-0.1, -0.05) is 12.1 Å². The standard InChI is InChI=1S/C12H10N2O2/c1-8(16)13-12-5-4-10-3-2-9(7-15)6-11(10)14-12/h2-7H,1H3,(H,13,14,16). The molecule has 0 radical (unpaired) electrons. The van der Waals surface area contributed by atoms with E-state index in [4.69, 9.17) is 0 Å². The van der Waals surface area contributed by atoms with Crippen LogP contribution in [0.4, 0.5) is 5.82 Å². The molecule has 16 heavy (non-hydrogen) atoms. The number of fused-ring (bicyclic) bond motifs is 1. The van der Waals surface area contributed by atoms with E-state index in [0.717, 1.165) is 11.7 Å². The van der Waals surface area contributed by atoms with Crippen LogP contribution in [0.3, 0.4) is 0 Å². The predicted octanol–water partition coefficient (Wildman–Crippen LogP) is 2.01. The number of rotatable bonds is 2. The Balaban J connectivity index is 2.50. The van der Waals surface area contributed by atoms with Gasteiger partial charge in [-0.2, -0.15) is 0 Å². The van der Waals surface area contributed by atoms with Gasteiger partial charge >= 0.3 is 0 Å². The third-order valence-corrected chi connectivity index (χ3v) is 2.16. The first-order valence-electron chi connectivity index (χ1n) is 4.82. The number of aldehydes is 1. The second-order valence-electron chi connectivity index (χ2n) is 3.45. The number of nitrogens with zero attached hydrogens (tertiary/aromatic N) is 1. The van der Waals surface area contributed by atoms with Gasteiger partial charge < -0.3 is 5.32 Å². The number of pyridine rings is 1. The average Bonchev–Trinajstić information content (AvgIpc) is 2.27. The highest BCUT2D eigenvalue weighted by atomic mass is 16.1. The number of anilines is 1. The third-order valence-electron chi connectivity index (χ3n) is 2.16. The average molecular weight is 214 g/mol. The number of amides is 1. The summed E-state index contributed by atoms with van der Waals surface area (Å²) in [4.78, 5) is 25.7. The fourth-order valence-electron chi connectivity index (χ4n) is 1.46. The molecule has 2 aromatic rings. The zero-order chi connectivity index (χ0) is 11.5. The first-order valence-corrected chi connectivity index (χ1v) is 4.82. The molecule has 1 heterocycles. The molecule has 1 aromatic heterocycles. The van der Waals surface area contributed by atoms with Gasteiger partial charge in [0.2, 0.25) is 5.91 Å². The zero-order valence-corrected chi connectivity index (χ0v) is 8.73. The first kappa shape index (κ1) is 10.3. The van der Waals surface area contributed by atoms with Gasteiger partial charge in [0, 0.05) is 17.9 Å². The quantitative estimate of drug-likeness (QED) is 0.778. The van der Waals surface area contributed by atoms with E-state index < -0.39 is 0 Å². The molecule has 2 rings (SSSR count). The summed E-state index contributed by atoms with van der Waals surface area (Å²) in [6.45, 7) is 1.42. The molecule has 4 heteroatoms. The Labute approximate surface area is 92.3 Å². The van der Waals surface area contributed by atoms with Crippen LogP contribution in [0.1, 0.15) is 17.3 Å². The number of carbonyl (C=O) groups is 2. The predicted molar refractivity (Wildman–Crippen MR) is 61.4 cm³/mol. The van der Waals surface area contributed by atoms with Crippen molar-refractivity contribution in [2.75, 3.05) is 5.32 Å². The van der Waals surface area contributed by atoms with Gasteiger partial charge in [0.05, 0.1) is 5.52 Å². The molecular weight excluding hydrogens is 204 g/mol. The molecule has 0 aliphatic carbocycles. The second kappa shape index (κ2) is 4.10. The molecule has 80 valence electrons. The Morgan fingerprint density at radius 1 is 1.31 bits per heavy atom. The lowest BCUT2D eigenvalue weighted by molar-refractivity contribution is -0.114. The van der Waals surface area contributed by atoms with Crippen molar-refractivity contribution in [1.82, 2.24) is 4.98 Å². The number of hydrogen-bond donors (Lipinski definition) is 1. The van der Waals surface area contributed by atoms with E-state index in [1.165, 1.54) is 6.92 Å². The molecule has 0 saturated heterocycles. The van der Waals surface area contributed by atoms with Crippen LogP contribution < -0.4 is 5.32 Å². The molecule has 0 aliphatic heterocycles. The second-order valence-corrected chi connectivity index (χ2v) is 3.45. The van der Waals surface area contributed by atoms with E-state index in [-0.39, 0.29) is 5.91 Å². The summed E-state index contributed by atoms with van der Waals surface area (Å²) in [5.41, 5.74) is 1.26. The summed E-state index contributed by atoms with van der Waals surface area (Å²) >= 11 is 0. The van der Waals surface area contributed by atoms with Crippen LogP contribution in [-0.2, 0) is 4.79 Å². The summed E-state index contributed by atoms with van der Waals surface area (Å²) in [5, 5.41) is 3.53. The highest BCUT2D eigenvalue weighted by molar-refractivity contribution is 5.91. The lowest BCUT2D eigenvalue weighted by atomic mass is 10.1. The van der Waals surface area contributed by atoms with Gasteiger partial charge in [-0.3, -0.25) is 9.59 Å². The van der Waals surface area contributed by atoms with Crippen LogP contribution in [0.2, 0.25) is 0 Å². The van der Waals surface area contributed by atoms with Crippen molar-refractivity contribution in [1.29, 1.82) is 0 Å². The van der Waals surface area contributed by atoms with Crippen molar-refractivity contribution >= 4 is 28.9 Å². The summed E-state index contributed by atoms with van der Waals surface area (Å²) in [6.07, 6.45) is 0.770. The molecule has 0 aliphatic rings. The maximum Gasteiger partial charge on any atom is 0.222 e. The minimum Gasteiger partial charge on any atom is -0.311 e. The minimum atomic E-state index is -0.168. The SMILES string of the molecule is CC(=O)Nc1ccc2ccc(C=O)cc2n1. The number of hydrogen-bond acceptors (Lipinski definition) is 3. The van der Waals surface area contributed by atoms with E-state index in [1.807, 2.05) is 12.1 Å². The molecule has 0 saturated carbocycles. The third kappa shape index (κ3) is 2.06. The Kier molecular flexibility index (Phi) is 2.64. The normalized spacial score (nSPS) is 10.1. The van der Waals surface area contributed by atoms with Crippen molar-refractivity contribution in [2.24, 2.45) is 0 Å². The van der Waals surface area contributed by atoms with E-state index in [1.54, 1.807) is 18.2 Å². The van der Waals surface area contributed by atoms with Gasteiger partial charge in [-0.25, -0.2) is 4.98 Å². The number of benzene rings is 1. The molecule has 1 aromatic carbocycles. The molecule has 0 atom stereocenters. The fourth-order valence-corrected chi connectivity index (χ4v) is 1.46. The molecule has 4 nitrogen and oxygen atoms in total.